The smallest absolute Gasteiger partial charge is 0.271 e. The van der Waals surface area contributed by atoms with Crippen molar-refractivity contribution in [3.63, 3.8) is 0 Å². The molecule has 0 saturated carbocycles. The van der Waals surface area contributed by atoms with Gasteiger partial charge in [-0.15, -0.1) is 5.10 Å². The minimum atomic E-state index is -0.571. The Morgan fingerprint density at radius 3 is 2.32 bits per heavy atom. The first-order chi connectivity index (χ1) is 10.6. The van der Waals surface area contributed by atoms with Crippen LogP contribution in [0.4, 0.5) is 0 Å². The summed E-state index contributed by atoms with van der Waals surface area (Å²) in [5.74, 6) is -0.571. The zero-order chi connectivity index (χ0) is 15.5. The average Bonchev–Trinajstić information content (AvgIpc) is 2.91. The van der Waals surface area contributed by atoms with E-state index in [4.69, 9.17) is 5.73 Å². The number of benzene rings is 1. The van der Waals surface area contributed by atoms with Crippen molar-refractivity contribution in [3.05, 3.63) is 71.3 Å². The molecule has 22 heavy (non-hydrogen) atoms. The summed E-state index contributed by atoms with van der Waals surface area (Å²) in [5.41, 5.74) is 9.32. The number of rotatable bonds is 4. The standard InChI is InChI=1S/C16H15N5O/c1-11-15(16(17)22)19-20-21(11)14-4-2-12(3-5-14)10-13-6-8-18-9-7-13/h2-9H,10H2,1H3,(H2,17,22). The van der Waals surface area contributed by atoms with Crippen LogP contribution in [0.15, 0.2) is 48.8 Å². The SMILES string of the molecule is Cc1c(C(N)=O)nnn1-c1ccc(Cc2ccncc2)cc1. The number of carbonyl (C=O) groups is 1. The van der Waals surface area contributed by atoms with Crippen molar-refractivity contribution in [1.29, 1.82) is 0 Å². The summed E-state index contributed by atoms with van der Waals surface area (Å²) in [6.45, 7) is 1.77. The van der Waals surface area contributed by atoms with E-state index in [0.29, 0.717) is 5.69 Å². The zero-order valence-electron chi connectivity index (χ0n) is 12.1. The van der Waals surface area contributed by atoms with Gasteiger partial charge in [-0.1, -0.05) is 17.3 Å². The number of primary amides is 1. The van der Waals surface area contributed by atoms with E-state index in [1.165, 1.54) is 11.1 Å². The zero-order valence-corrected chi connectivity index (χ0v) is 12.1. The van der Waals surface area contributed by atoms with E-state index in [1.807, 2.05) is 36.4 Å². The lowest BCUT2D eigenvalue weighted by molar-refractivity contribution is 0.0995. The molecule has 3 rings (SSSR count). The molecular weight excluding hydrogens is 278 g/mol. The van der Waals surface area contributed by atoms with Crippen LogP contribution in [0.3, 0.4) is 0 Å². The minimum Gasteiger partial charge on any atom is -0.364 e. The van der Waals surface area contributed by atoms with E-state index in [2.05, 4.69) is 15.3 Å². The number of hydrogen-bond acceptors (Lipinski definition) is 4. The van der Waals surface area contributed by atoms with Gasteiger partial charge in [0.05, 0.1) is 11.4 Å². The van der Waals surface area contributed by atoms with Gasteiger partial charge >= 0.3 is 0 Å². The molecule has 6 nitrogen and oxygen atoms in total. The van der Waals surface area contributed by atoms with Crippen LogP contribution in [0.25, 0.3) is 5.69 Å². The van der Waals surface area contributed by atoms with Crippen molar-refractivity contribution < 1.29 is 4.79 Å². The van der Waals surface area contributed by atoms with E-state index < -0.39 is 5.91 Å². The summed E-state index contributed by atoms with van der Waals surface area (Å²) in [4.78, 5) is 15.2. The molecule has 0 saturated heterocycles. The molecule has 1 aromatic carbocycles. The fraction of sp³-hybridized carbons (Fsp3) is 0.125. The van der Waals surface area contributed by atoms with Gasteiger partial charge in [0.2, 0.25) is 0 Å². The van der Waals surface area contributed by atoms with Gasteiger partial charge in [-0.25, -0.2) is 4.68 Å². The molecule has 0 atom stereocenters. The number of nitrogens with zero attached hydrogens (tertiary/aromatic N) is 4. The molecule has 0 aliphatic rings. The van der Waals surface area contributed by atoms with Crippen molar-refractivity contribution >= 4 is 5.91 Å². The van der Waals surface area contributed by atoms with Gasteiger partial charge in [-0.2, -0.15) is 0 Å². The third-order valence-electron chi connectivity index (χ3n) is 3.47. The predicted molar refractivity (Wildman–Crippen MR) is 81.7 cm³/mol. The van der Waals surface area contributed by atoms with Gasteiger partial charge in [0, 0.05) is 12.4 Å². The first kappa shape index (κ1) is 13.9. The highest BCUT2D eigenvalue weighted by Gasteiger charge is 2.14. The Hall–Kier alpha value is -3.02. The van der Waals surface area contributed by atoms with Gasteiger partial charge in [-0.3, -0.25) is 9.78 Å². The highest BCUT2D eigenvalue weighted by atomic mass is 16.1. The molecule has 3 aromatic rings. The predicted octanol–water partition coefficient (Wildman–Crippen LogP) is 1.66. The van der Waals surface area contributed by atoms with Crippen molar-refractivity contribution in [2.45, 2.75) is 13.3 Å². The molecule has 6 heteroatoms. The molecule has 2 aromatic heterocycles. The Bertz CT molecular complexity index is 793. The molecule has 0 radical (unpaired) electrons. The summed E-state index contributed by atoms with van der Waals surface area (Å²) >= 11 is 0. The van der Waals surface area contributed by atoms with Crippen molar-refractivity contribution in [2.24, 2.45) is 5.73 Å². The lowest BCUT2D eigenvalue weighted by Gasteiger charge is -2.06. The second-order valence-corrected chi connectivity index (χ2v) is 5.00. The largest absolute Gasteiger partial charge is 0.364 e. The van der Waals surface area contributed by atoms with Gasteiger partial charge in [0.25, 0.3) is 5.91 Å². The number of aromatic nitrogens is 4. The molecule has 0 spiro atoms. The maximum atomic E-state index is 11.2. The van der Waals surface area contributed by atoms with Gasteiger partial charge < -0.3 is 5.73 Å². The second-order valence-electron chi connectivity index (χ2n) is 5.00. The average molecular weight is 293 g/mol. The lowest BCUT2D eigenvalue weighted by atomic mass is 10.1. The molecule has 1 amide bonds. The van der Waals surface area contributed by atoms with Crippen LogP contribution in [0.1, 0.15) is 27.3 Å². The number of carbonyl (C=O) groups excluding carboxylic acids is 1. The van der Waals surface area contributed by atoms with Crippen molar-refractivity contribution in [1.82, 2.24) is 20.0 Å². The highest BCUT2D eigenvalue weighted by Crippen LogP contribution is 2.15. The monoisotopic (exact) mass is 293 g/mol. The second kappa shape index (κ2) is 5.77. The van der Waals surface area contributed by atoms with Gasteiger partial charge in [0.1, 0.15) is 0 Å². The number of amides is 1. The number of pyridine rings is 1. The van der Waals surface area contributed by atoms with Crippen LogP contribution >= 0.6 is 0 Å². The topological polar surface area (TPSA) is 86.7 Å². The number of nitrogens with two attached hydrogens (primary N) is 1. The molecule has 0 unspecified atom stereocenters. The quantitative estimate of drug-likeness (QED) is 0.792. The Kier molecular flexibility index (Phi) is 3.65. The molecule has 110 valence electrons. The molecule has 0 aliphatic heterocycles. The van der Waals surface area contributed by atoms with Gasteiger partial charge in [-0.05, 0) is 48.7 Å². The first-order valence-electron chi connectivity index (χ1n) is 6.85. The van der Waals surface area contributed by atoms with Crippen LogP contribution < -0.4 is 5.73 Å². The fourth-order valence-electron chi connectivity index (χ4n) is 2.29. The van der Waals surface area contributed by atoms with E-state index in [9.17, 15) is 4.79 Å². The molecule has 2 heterocycles. The minimum absolute atomic E-state index is 0.195. The lowest BCUT2D eigenvalue weighted by Crippen LogP contribution is -2.13. The maximum Gasteiger partial charge on any atom is 0.271 e. The maximum absolute atomic E-state index is 11.2. The highest BCUT2D eigenvalue weighted by molar-refractivity contribution is 5.91. The van der Waals surface area contributed by atoms with Crippen LogP contribution in [0.2, 0.25) is 0 Å². The third kappa shape index (κ3) is 2.71. The summed E-state index contributed by atoms with van der Waals surface area (Å²) < 4.78 is 1.61. The molecule has 2 N–H and O–H groups in total. The number of hydrogen-bond donors (Lipinski definition) is 1. The van der Waals surface area contributed by atoms with Gasteiger partial charge in [0.15, 0.2) is 5.69 Å². The van der Waals surface area contributed by atoms with E-state index in [1.54, 1.807) is 24.0 Å². The summed E-state index contributed by atoms with van der Waals surface area (Å²) in [7, 11) is 0. The van der Waals surface area contributed by atoms with Crippen molar-refractivity contribution in [2.75, 3.05) is 0 Å². The van der Waals surface area contributed by atoms with Crippen molar-refractivity contribution in [3.8, 4) is 5.69 Å². The summed E-state index contributed by atoms with van der Waals surface area (Å²) in [6.07, 6.45) is 4.41. The molecule has 0 fully saturated rings. The van der Waals surface area contributed by atoms with Crippen LogP contribution in [0.5, 0.6) is 0 Å². The third-order valence-corrected chi connectivity index (χ3v) is 3.47. The van der Waals surface area contributed by atoms with Crippen LogP contribution in [-0.4, -0.2) is 25.9 Å². The van der Waals surface area contributed by atoms with E-state index in [-0.39, 0.29) is 5.69 Å². The fourth-order valence-corrected chi connectivity index (χ4v) is 2.29. The van der Waals surface area contributed by atoms with E-state index in [0.717, 1.165) is 12.1 Å². The molecular formula is C16H15N5O. The Morgan fingerprint density at radius 2 is 1.73 bits per heavy atom. The first-order valence-corrected chi connectivity index (χ1v) is 6.85. The van der Waals surface area contributed by atoms with Crippen LogP contribution in [-0.2, 0) is 6.42 Å². The summed E-state index contributed by atoms with van der Waals surface area (Å²) in [5, 5.41) is 7.79. The Labute approximate surface area is 127 Å². The normalized spacial score (nSPS) is 10.6. The molecule has 0 aliphatic carbocycles. The molecule has 0 bridgehead atoms. The van der Waals surface area contributed by atoms with E-state index >= 15 is 0 Å². The Morgan fingerprint density at radius 1 is 1.09 bits per heavy atom. The Balaban J connectivity index is 1.84. The van der Waals surface area contributed by atoms with Crippen LogP contribution in [0, 0.1) is 6.92 Å². The summed E-state index contributed by atoms with van der Waals surface area (Å²) in [6, 6.07) is 11.9.